The SMILES string of the molecule is C#CCN(CC1CC1)S(=O)(=O)c1ccc(CCCl)cc1. The Balaban J connectivity index is 2.19. The van der Waals surface area contributed by atoms with Gasteiger partial charge < -0.3 is 0 Å². The van der Waals surface area contributed by atoms with E-state index in [-0.39, 0.29) is 6.54 Å². The summed E-state index contributed by atoms with van der Waals surface area (Å²) in [4.78, 5) is 0.298. The number of halogens is 1. The lowest BCUT2D eigenvalue weighted by molar-refractivity contribution is 0.430. The minimum absolute atomic E-state index is 0.127. The largest absolute Gasteiger partial charge is 0.243 e. The molecule has 0 unspecified atom stereocenters. The fourth-order valence-corrected chi connectivity index (χ4v) is 3.67. The van der Waals surface area contributed by atoms with Crippen LogP contribution in [0, 0.1) is 18.3 Å². The number of hydrogen-bond acceptors (Lipinski definition) is 2. The van der Waals surface area contributed by atoms with Crippen LogP contribution in [0.2, 0.25) is 0 Å². The van der Waals surface area contributed by atoms with Crippen LogP contribution in [-0.2, 0) is 16.4 Å². The van der Waals surface area contributed by atoms with E-state index >= 15 is 0 Å². The molecule has 0 amide bonds. The summed E-state index contributed by atoms with van der Waals surface area (Å²) in [6.07, 6.45) is 8.20. The van der Waals surface area contributed by atoms with Crippen LogP contribution in [0.3, 0.4) is 0 Å². The third-order valence-electron chi connectivity index (χ3n) is 3.37. The molecule has 0 atom stereocenters. The second-order valence-corrected chi connectivity index (χ2v) is 7.34. The summed E-state index contributed by atoms with van der Waals surface area (Å²) in [7, 11) is -3.49. The van der Waals surface area contributed by atoms with Gasteiger partial charge in [0, 0.05) is 12.4 Å². The van der Waals surface area contributed by atoms with Gasteiger partial charge in [0.15, 0.2) is 0 Å². The molecule has 0 bridgehead atoms. The fraction of sp³-hybridized carbons (Fsp3) is 0.467. The Hall–Kier alpha value is -1.02. The molecular formula is C15H18ClNO2S. The molecule has 0 spiro atoms. The number of rotatable bonds is 7. The number of nitrogens with zero attached hydrogens (tertiary/aromatic N) is 1. The molecule has 1 fully saturated rings. The molecule has 1 aromatic carbocycles. The third kappa shape index (κ3) is 3.76. The van der Waals surface area contributed by atoms with Gasteiger partial charge in [0.25, 0.3) is 0 Å². The average molecular weight is 312 g/mol. The quantitative estimate of drug-likeness (QED) is 0.573. The second kappa shape index (κ2) is 6.62. The lowest BCUT2D eigenvalue weighted by atomic mass is 10.2. The van der Waals surface area contributed by atoms with Crippen LogP contribution in [0.1, 0.15) is 18.4 Å². The van der Waals surface area contributed by atoms with Gasteiger partial charge in [-0.25, -0.2) is 8.42 Å². The second-order valence-electron chi connectivity index (χ2n) is 5.03. The predicted molar refractivity (Wildman–Crippen MR) is 81.2 cm³/mol. The maximum Gasteiger partial charge on any atom is 0.243 e. The van der Waals surface area contributed by atoms with Crippen LogP contribution in [0.5, 0.6) is 0 Å². The van der Waals surface area contributed by atoms with Crippen molar-refractivity contribution in [1.82, 2.24) is 4.31 Å². The van der Waals surface area contributed by atoms with E-state index in [2.05, 4.69) is 5.92 Å². The highest BCUT2D eigenvalue weighted by atomic mass is 35.5. The van der Waals surface area contributed by atoms with E-state index in [9.17, 15) is 8.42 Å². The summed E-state index contributed by atoms with van der Waals surface area (Å²) in [5.74, 6) is 3.43. The number of benzene rings is 1. The van der Waals surface area contributed by atoms with Gasteiger partial charge in [0.1, 0.15) is 0 Å². The molecule has 0 heterocycles. The average Bonchev–Trinajstić information content (AvgIpc) is 3.23. The monoisotopic (exact) mass is 311 g/mol. The standard InChI is InChI=1S/C15H18ClNO2S/c1-2-11-17(12-14-3-4-14)20(18,19)15-7-5-13(6-8-15)9-10-16/h1,5-8,14H,3-4,9-12H2. The van der Waals surface area contributed by atoms with Gasteiger partial charge >= 0.3 is 0 Å². The summed E-state index contributed by atoms with van der Waals surface area (Å²) < 4.78 is 26.5. The van der Waals surface area contributed by atoms with Crippen molar-refractivity contribution in [1.29, 1.82) is 0 Å². The molecule has 0 aromatic heterocycles. The van der Waals surface area contributed by atoms with Crippen molar-refractivity contribution in [2.75, 3.05) is 19.0 Å². The lowest BCUT2D eigenvalue weighted by Crippen LogP contribution is -2.33. The van der Waals surface area contributed by atoms with E-state index in [1.165, 1.54) is 4.31 Å². The Morgan fingerprint density at radius 1 is 1.30 bits per heavy atom. The van der Waals surface area contributed by atoms with E-state index in [1.807, 2.05) is 0 Å². The molecule has 0 aliphatic heterocycles. The number of hydrogen-bond donors (Lipinski definition) is 0. The molecule has 2 rings (SSSR count). The third-order valence-corrected chi connectivity index (χ3v) is 5.39. The molecule has 1 aliphatic rings. The van der Waals surface area contributed by atoms with Crippen molar-refractivity contribution in [3.63, 3.8) is 0 Å². The topological polar surface area (TPSA) is 37.4 Å². The molecule has 0 N–H and O–H groups in total. The van der Waals surface area contributed by atoms with Crippen LogP contribution < -0.4 is 0 Å². The molecule has 1 aromatic rings. The molecule has 5 heteroatoms. The summed E-state index contributed by atoms with van der Waals surface area (Å²) in [5.41, 5.74) is 1.03. The normalized spacial score (nSPS) is 15.2. The van der Waals surface area contributed by atoms with Crippen molar-refractivity contribution in [2.24, 2.45) is 5.92 Å². The first-order chi connectivity index (χ1) is 9.57. The highest BCUT2D eigenvalue weighted by Crippen LogP contribution is 2.31. The maximum atomic E-state index is 12.6. The van der Waals surface area contributed by atoms with E-state index in [1.54, 1.807) is 24.3 Å². The Kier molecular flexibility index (Phi) is 5.09. The van der Waals surface area contributed by atoms with Crippen LogP contribution in [0.4, 0.5) is 0 Å². The van der Waals surface area contributed by atoms with Crippen LogP contribution in [0.15, 0.2) is 29.2 Å². The Labute approximate surface area is 126 Å². The van der Waals surface area contributed by atoms with Crippen LogP contribution in [-0.4, -0.2) is 31.7 Å². The Morgan fingerprint density at radius 3 is 2.45 bits per heavy atom. The van der Waals surface area contributed by atoms with E-state index in [4.69, 9.17) is 18.0 Å². The zero-order chi connectivity index (χ0) is 14.6. The molecule has 108 valence electrons. The molecule has 3 nitrogen and oxygen atoms in total. The van der Waals surface area contributed by atoms with Gasteiger partial charge in [0.2, 0.25) is 10.0 Å². The van der Waals surface area contributed by atoms with Crippen LogP contribution >= 0.6 is 11.6 Å². The molecule has 0 saturated heterocycles. The van der Waals surface area contributed by atoms with E-state index < -0.39 is 10.0 Å². The highest BCUT2D eigenvalue weighted by molar-refractivity contribution is 7.89. The summed E-state index contributed by atoms with van der Waals surface area (Å²) in [6, 6.07) is 6.88. The molecule has 1 aliphatic carbocycles. The number of alkyl halides is 1. The first-order valence-electron chi connectivity index (χ1n) is 6.66. The van der Waals surface area contributed by atoms with Crippen molar-refractivity contribution in [3.8, 4) is 12.3 Å². The minimum Gasteiger partial charge on any atom is -0.207 e. The van der Waals surface area contributed by atoms with Crippen molar-refractivity contribution in [2.45, 2.75) is 24.2 Å². The van der Waals surface area contributed by atoms with Crippen molar-refractivity contribution >= 4 is 21.6 Å². The summed E-state index contributed by atoms with van der Waals surface area (Å²) >= 11 is 5.67. The Bertz CT molecular complexity index is 585. The van der Waals surface area contributed by atoms with Gasteiger partial charge in [-0.3, -0.25) is 0 Å². The zero-order valence-electron chi connectivity index (χ0n) is 11.3. The van der Waals surface area contributed by atoms with E-state index in [0.717, 1.165) is 24.8 Å². The maximum absolute atomic E-state index is 12.6. The van der Waals surface area contributed by atoms with E-state index in [0.29, 0.717) is 23.2 Å². The molecule has 20 heavy (non-hydrogen) atoms. The first-order valence-corrected chi connectivity index (χ1v) is 8.64. The van der Waals surface area contributed by atoms with Gasteiger partial charge in [-0.15, -0.1) is 18.0 Å². The smallest absolute Gasteiger partial charge is 0.207 e. The first kappa shape index (κ1) is 15.4. The molecular weight excluding hydrogens is 294 g/mol. The highest BCUT2D eigenvalue weighted by Gasteiger charge is 2.31. The lowest BCUT2D eigenvalue weighted by Gasteiger charge is -2.19. The summed E-state index contributed by atoms with van der Waals surface area (Å²) in [6.45, 7) is 0.651. The summed E-state index contributed by atoms with van der Waals surface area (Å²) in [5, 5.41) is 0. The zero-order valence-corrected chi connectivity index (χ0v) is 12.8. The van der Waals surface area contributed by atoms with Gasteiger partial charge in [-0.1, -0.05) is 18.1 Å². The number of sulfonamides is 1. The molecule has 0 radical (unpaired) electrons. The van der Waals surface area contributed by atoms with Gasteiger partial charge in [0.05, 0.1) is 11.4 Å². The minimum atomic E-state index is -3.49. The van der Waals surface area contributed by atoms with Crippen molar-refractivity contribution < 1.29 is 8.42 Å². The predicted octanol–water partition coefficient (Wildman–Crippen LogP) is 2.50. The van der Waals surface area contributed by atoms with Gasteiger partial charge in [-0.05, 0) is 42.9 Å². The number of aryl methyl sites for hydroxylation is 1. The number of terminal acetylenes is 1. The Morgan fingerprint density at radius 2 is 1.95 bits per heavy atom. The molecule has 1 saturated carbocycles. The van der Waals surface area contributed by atoms with Crippen LogP contribution in [0.25, 0.3) is 0 Å². The van der Waals surface area contributed by atoms with Gasteiger partial charge in [-0.2, -0.15) is 4.31 Å². The fourth-order valence-electron chi connectivity index (χ4n) is 2.02. The van der Waals surface area contributed by atoms with Crippen molar-refractivity contribution in [3.05, 3.63) is 29.8 Å².